The van der Waals surface area contributed by atoms with Gasteiger partial charge in [0.05, 0.1) is 19.4 Å². The molecule has 0 radical (unpaired) electrons. The van der Waals surface area contributed by atoms with Crippen molar-refractivity contribution in [2.75, 3.05) is 24.3 Å². The van der Waals surface area contributed by atoms with E-state index in [1.54, 1.807) is 19.4 Å². The highest BCUT2D eigenvalue weighted by molar-refractivity contribution is 6.06. The Morgan fingerprint density at radius 3 is 2.83 bits per heavy atom. The summed E-state index contributed by atoms with van der Waals surface area (Å²) in [6.45, 7) is 2.31. The van der Waals surface area contributed by atoms with E-state index in [0.717, 1.165) is 16.9 Å². The van der Waals surface area contributed by atoms with Gasteiger partial charge in [-0.2, -0.15) is 10.1 Å². The normalized spacial score (nSPS) is 13.7. The van der Waals surface area contributed by atoms with Crippen LogP contribution in [0.5, 0.6) is 0 Å². The number of ether oxygens (including phenoxy) is 1. The minimum Gasteiger partial charge on any atom is -0.499 e. The highest BCUT2D eigenvalue weighted by Gasteiger charge is 2.25. The molecule has 0 aliphatic heterocycles. The highest BCUT2D eigenvalue weighted by Crippen LogP contribution is 2.39. The number of nitrogens with one attached hydrogen (secondary N) is 4. The van der Waals surface area contributed by atoms with Gasteiger partial charge in [0.2, 0.25) is 5.95 Å². The molecule has 1 fully saturated rings. The molecule has 0 atom stereocenters. The van der Waals surface area contributed by atoms with Crippen LogP contribution in [-0.2, 0) is 4.74 Å². The first-order valence-corrected chi connectivity index (χ1v) is 9.90. The van der Waals surface area contributed by atoms with Crippen molar-refractivity contribution in [2.24, 2.45) is 0 Å². The van der Waals surface area contributed by atoms with Gasteiger partial charge in [-0.25, -0.2) is 4.98 Å². The summed E-state index contributed by atoms with van der Waals surface area (Å²) in [7, 11) is 1.59. The summed E-state index contributed by atoms with van der Waals surface area (Å²) in [5.74, 6) is 3.14. The largest absolute Gasteiger partial charge is 0.499 e. The van der Waals surface area contributed by atoms with E-state index < -0.39 is 0 Å². The number of aromatic nitrogens is 4. The number of nitrogens with zero attached hydrogens (tertiary/aromatic N) is 3. The third-order valence-corrected chi connectivity index (χ3v) is 4.91. The predicted octanol–water partition coefficient (Wildman–Crippen LogP) is 4.14. The second-order valence-corrected chi connectivity index (χ2v) is 7.28. The Balaban J connectivity index is 1.41. The van der Waals surface area contributed by atoms with Crippen LogP contribution in [0.15, 0.2) is 54.4 Å². The minimum atomic E-state index is 0.364. The molecule has 4 rings (SSSR count). The summed E-state index contributed by atoms with van der Waals surface area (Å²) in [5.41, 5.74) is 3.30. The molecule has 3 aromatic rings. The Kier molecular flexibility index (Phi) is 5.74. The molecule has 0 unspecified atom stereocenters. The third-order valence-electron chi connectivity index (χ3n) is 4.91. The van der Waals surface area contributed by atoms with Gasteiger partial charge in [0.1, 0.15) is 11.6 Å². The maximum atomic E-state index is 8.23. The fourth-order valence-corrected chi connectivity index (χ4v) is 2.99. The van der Waals surface area contributed by atoms with Gasteiger partial charge in [-0.1, -0.05) is 30.3 Å². The summed E-state index contributed by atoms with van der Waals surface area (Å²) in [5, 5.41) is 22.1. The van der Waals surface area contributed by atoms with Crippen LogP contribution in [0.25, 0.3) is 0 Å². The Hall–Kier alpha value is -3.68. The first-order valence-electron chi connectivity index (χ1n) is 9.90. The van der Waals surface area contributed by atoms with Gasteiger partial charge < -0.3 is 20.8 Å². The van der Waals surface area contributed by atoms with Gasteiger partial charge in [0.15, 0.2) is 5.82 Å². The number of aryl methyl sites for hydroxylation is 1. The Labute approximate surface area is 175 Å². The number of benzene rings is 1. The van der Waals surface area contributed by atoms with E-state index >= 15 is 0 Å². The van der Waals surface area contributed by atoms with E-state index in [2.05, 4.69) is 30.8 Å². The van der Waals surface area contributed by atoms with E-state index in [4.69, 9.17) is 10.1 Å². The van der Waals surface area contributed by atoms with Crippen LogP contribution < -0.4 is 10.6 Å². The number of hydrogen-bond donors (Lipinski definition) is 4. The van der Waals surface area contributed by atoms with Crippen LogP contribution >= 0.6 is 0 Å². The van der Waals surface area contributed by atoms with Gasteiger partial charge in [-0.05, 0) is 25.3 Å². The SMILES string of the molecule is CO/C(=C\C(=N)c1ccccc1)CNc1ncc(C)c(Nc2cc(C3CC3)[nH]n2)n1. The van der Waals surface area contributed by atoms with Crippen LogP contribution in [0.3, 0.4) is 0 Å². The standard InChI is InChI=1S/C22H25N7O/c1-14-12-24-22(27-21(14)26-20-11-19(28-29-20)16-8-9-16)25-13-17(30-2)10-18(23)15-6-4-3-5-7-15/h3-7,10-12,16,23H,8-9,13H2,1-2H3,(H3,24,25,26,27,28,29)/b17-10-,23-18?. The Morgan fingerprint density at radius 2 is 2.10 bits per heavy atom. The molecule has 2 aromatic heterocycles. The van der Waals surface area contributed by atoms with Crippen molar-refractivity contribution in [2.45, 2.75) is 25.7 Å². The van der Waals surface area contributed by atoms with Crippen molar-refractivity contribution in [3.05, 3.63) is 71.3 Å². The van der Waals surface area contributed by atoms with E-state index in [-0.39, 0.29) is 0 Å². The summed E-state index contributed by atoms with van der Waals surface area (Å²) in [4.78, 5) is 8.90. The molecule has 1 aromatic carbocycles. The number of aromatic amines is 1. The lowest BCUT2D eigenvalue weighted by Gasteiger charge is -2.11. The number of anilines is 3. The first-order chi connectivity index (χ1) is 14.6. The number of methoxy groups -OCH3 is 1. The Morgan fingerprint density at radius 1 is 1.30 bits per heavy atom. The topological polar surface area (TPSA) is 112 Å². The maximum Gasteiger partial charge on any atom is 0.225 e. The molecule has 1 aliphatic rings. The predicted molar refractivity (Wildman–Crippen MR) is 117 cm³/mol. The minimum absolute atomic E-state index is 0.364. The third kappa shape index (κ3) is 4.83. The van der Waals surface area contributed by atoms with E-state index in [9.17, 15) is 0 Å². The van der Waals surface area contributed by atoms with Gasteiger partial charge in [0, 0.05) is 35.5 Å². The van der Waals surface area contributed by atoms with Crippen molar-refractivity contribution in [3.8, 4) is 0 Å². The lowest BCUT2D eigenvalue weighted by atomic mass is 10.1. The monoisotopic (exact) mass is 403 g/mol. The molecule has 1 saturated carbocycles. The van der Waals surface area contributed by atoms with Gasteiger partial charge in [-0.3, -0.25) is 5.10 Å². The van der Waals surface area contributed by atoms with E-state index in [1.807, 2.05) is 43.3 Å². The summed E-state index contributed by atoms with van der Waals surface area (Å²) >= 11 is 0. The van der Waals surface area contributed by atoms with E-state index in [1.165, 1.54) is 18.5 Å². The number of hydrogen-bond acceptors (Lipinski definition) is 7. The molecule has 154 valence electrons. The fourth-order valence-electron chi connectivity index (χ4n) is 2.99. The van der Waals surface area contributed by atoms with Crippen LogP contribution in [0.4, 0.5) is 17.6 Å². The zero-order chi connectivity index (χ0) is 20.9. The molecule has 0 bridgehead atoms. The molecule has 8 heteroatoms. The van der Waals surface area contributed by atoms with Gasteiger partial charge >= 0.3 is 0 Å². The summed E-state index contributed by atoms with van der Waals surface area (Å²) in [6, 6.07) is 11.6. The molecular formula is C22H25N7O. The number of allylic oxidation sites excluding steroid dienone is 1. The lowest BCUT2D eigenvalue weighted by molar-refractivity contribution is 0.290. The van der Waals surface area contributed by atoms with Crippen LogP contribution in [-0.4, -0.2) is 39.5 Å². The lowest BCUT2D eigenvalue weighted by Crippen LogP contribution is -2.12. The van der Waals surface area contributed by atoms with Gasteiger partial charge in [0.25, 0.3) is 0 Å². The fraction of sp³-hybridized carbons (Fsp3) is 0.273. The number of rotatable bonds is 9. The molecule has 2 heterocycles. The van der Waals surface area contributed by atoms with Crippen molar-refractivity contribution in [1.29, 1.82) is 5.41 Å². The van der Waals surface area contributed by atoms with Crippen molar-refractivity contribution >= 4 is 23.3 Å². The van der Waals surface area contributed by atoms with Crippen molar-refractivity contribution in [3.63, 3.8) is 0 Å². The molecular weight excluding hydrogens is 378 g/mol. The zero-order valence-corrected chi connectivity index (χ0v) is 17.1. The average Bonchev–Trinajstić information content (AvgIpc) is 3.52. The van der Waals surface area contributed by atoms with Gasteiger partial charge in [-0.15, -0.1) is 0 Å². The molecule has 1 aliphatic carbocycles. The Bertz CT molecular complexity index is 1050. The first kappa shape index (κ1) is 19.6. The van der Waals surface area contributed by atoms with Crippen molar-refractivity contribution in [1.82, 2.24) is 20.2 Å². The second-order valence-electron chi connectivity index (χ2n) is 7.28. The van der Waals surface area contributed by atoms with Crippen molar-refractivity contribution < 1.29 is 4.74 Å². The van der Waals surface area contributed by atoms with Crippen LogP contribution in [0.2, 0.25) is 0 Å². The smallest absolute Gasteiger partial charge is 0.225 e. The summed E-state index contributed by atoms with van der Waals surface area (Å²) in [6.07, 6.45) is 5.89. The quantitative estimate of drug-likeness (QED) is 0.316. The maximum absolute atomic E-state index is 8.23. The molecule has 0 amide bonds. The average molecular weight is 403 g/mol. The second kappa shape index (κ2) is 8.77. The molecule has 30 heavy (non-hydrogen) atoms. The highest BCUT2D eigenvalue weighted by atomic mass is 16.5. The number of H-pyrrole nitrogens is 1. The molecule has 0 saturated heterocycles. The molecule has 8 nitrogen and oxygen atoms in total. The van der Waals surface area contributed by atoms with Crippen LogP contribution in [0.1, 0.15) is 35.6 Å². The van der Waals surface area contributed by atoms with E-state index in [0.29, 0.717) is 35.7 Å². The zero-order valence-electron chi connectivity index (χ0n) is 17.1. The molecule has 4 N–H and O–H groups in total. The van der Waals surface area contributed by atoms with Crippen LogP contribution in [0, 0.1) is 12.3 Å². The summed E-state index contributed by atoms with van der Waals surface area (Å²) < 4.78 is 5.42. The molecule has 0 spiro atoms.